The Bertz CT molecular complexity index is 955. The number of ether oxygens (including phenoxy) is 2. The van der Waals surface area contributed by atoms with Crippen molar-refractivity contribution in [2.24, 2.45) is 0 Å². The minimum atomic E-state index is -3.35. The van der Waals surface area contributed by atoms with Crippen LogP contribution >= 0.6 is 0 Å². The van der Waals surface area contributed by atoms with Gasteiger partial charge in [0.2, 0.25) is 10.0 Å². The summed E-state index contributed by atoms with van der Waals surface area (Å²) < 4.78 is 36.2. The normalized spacial score (nSPS) is 16.1. The first-order valence-corrected chi connectivity index (χ1v) is 10.6. The molecule has 1 atom stereocenters. The highest BCUT2D eigenvalue weighted by Crippen LogP contribution is 2.34. The van der Waals surface area contributed by atoms with Crippen LogP contribution in [0.25, 0.3) is 0 Å². The van der Waals surface area contributed by atoms with Crippen LogP contribution in [-0.4, -0.2) is 39.9 Å². The second-order valence-electron chi connectivity index (χ2n) is 6.71. The summed E-state index contributed by atoms with van der Waals surface area (Å²) >= 11 is 0. The first-order chi connectivity index (χ1) is 12.8. The van der Waals surface area contributed by atoms with Crippen LogP contribution < -0.4 is 9.04 Å². The van der Waals surface area contributed by atoms with Crippen LogP contribution in [0.3, 0.4) is 0 Å². The Kier molecular flexibility index (Phi) is 5.41. The summed E-state index contributed by atoms with van der Waals surface area (Å²) in [4.78, 5) is 12.3. The highest BCUT2D eigenvalue weighted by Gasteiger charge is 2.32. The van der Waals surface area contributed by atoms with E-state index >= 15 is 0 Å². The SMILES string of the molecule is Cc1ccccc1OCCOC(=O)c1ccc2c(c1)CC(C)N2S(C)(=O)=O. The fourth-order valence-corrected chi connectivity index (χ4v) is 4.59. The maximum Gasteiger partial charge on any atom is 0.338 e. The Morgan fingerprint density at radius 3 is 2.63 bits per heavy atom. The van der Waals surface area contributed by atoms with Crippen molar-refractivity contribution in [3.05, 3.63) is 59.2 Å². The molecule has 1 aliphatic heterocycles. The molecule has 0 N–H and O–H groups in total. The molecule has 0 radical (unpaired) electrons. The molecule has 0 saturated heterocycles. The van der Waals surface area contributed by atoms with Crippen LogP contribution in [0.1, 0.15) is 28.4 Å². The summed E-state index contributed by atoms with van der Waals surface area (Å²) in [6.45, 7) is 4.20. The molecule has 3 rings (SSSR count). The maximum atomic E-state index is 12.3. The van der Waals surface area contributed by atoms with Gasteiger partial charge in [0.05, 0.1) is 17.5 Å². The molecule has 1 unspecified atom stereocenters. The van der Waals surface area contributed by atoms with Gasteiger partial charge >= 0.3 is 5.97 Å². The first kappa shape index (κ1) is 19.2. The summed E-state index contributed by atoms with van der Waals surface area (Å²) in [5.74, 6) is 0.317. The Balaban J connectivity index is 1.60. The van der Waals surface area contributed by atoms with Crippen molar-refractivity contribution < 1.29 is 22.7 Å². The molecule has 2 aromatic carbocycles. The van der Waals surface area contributed by atoms with Gasteiger partial charge in [-0.2, -0.15) is 0 Å². The molecule has 0 aromatic heterocycles. The van der Waals surface area contributed by atoms with E-state index in [0.29, 0.717) is 17.7 Å². The number of carbonyl (C=O) groups is 1. The monoisotopic (exact) mass is 389 g/mol. The predicted molar refractivity (Wildman–Crippen MR) is 104 cm³/mol. The van der Waals surface area contributed by atoms with E-state index in [1.54, 1.807) is 18.2 Å². The summed E-state index contributed by atoms with van der Waals surface area (Å²) in [6.07, 6.45) is 1.76. The average Bonchev–Trinajstić information content (AvgIpc) is 2.94. The van der Waals surface area contributed by atoms with E-state index in [2.05, 4.69) is 0 Å². The van der Waals surface area contributed by atoms with Crippen LogP contribution in [0.15, 0.2) is 42.5 Å². The molecule has 2 aromatic rings. The van der Waals surface area contributed by atoms with Gasteiger partial charge in [0.25, 0.3) is 0 Å². The van der Waals surface area contributed by atoms with Crippen LogP contribution in [0.2, 0.25) is 0 Å². The standard InChI is InChI=1S/C20H23NO5S/c1-14-6-4-5-7-19(14)25-10-11-26-20(22)16-8-9-18-17(13-16)12-15(2)21(18)27(3,23)24/h4-9,13,15H,10-12H2,1-3H3. The van der Waals surface area contributed by atoms with Crippen molar-refractivity contribution in [3.63, 3.8) is 0 Å². The molecule has 7 heteroatoms. The van der Waals surface area contributed by atoms with E-state index in [0.717, 1.165) is 16.9 Å². The molecule has 144 valence electrons. The van der Waals surface area contributed by atoms with Crippen molar-refractivity contribution in [3.8, 4) is 5.75 Å². The maximum absolute atomic E-state index is 12.3. The number of hydrogen-bond donors (Lipinski definition) is 0. The number of aryl methyl sites for hydroxylation is 1. The molecular formula is C20H23NO5S. The molecule has 0 amide bonds. The fraction of sp³-hybridized carbons (Fsp3) is 0.350. The lowest BCUT2D eigenvalue weighted by Crippen LogP contribution is -2.34. The number of fused-ring (bicyclic) bond motifs is 1. The smallest absolute Gasteiger partial charge is 0.338 e. The van der Waals surface area contributed by atoms with Crippen LogP contribution in [0.5, 0.6) is 5.75 Å². The lowest BCUT2D eigenvalue weighted by molar-refractivity contribution is 0.0450. The summed E-state index contributed by atoms with van der Waals surface area (Å²) in [6, 6.07) is 12.4. The molecule has 0 fully saturated rings. The second kappa shape index (κ2) is 7.60. The zero-order valence-corrected chi connectivity index (χ0v) is 16.5. The van der Waals surface area contributed by atoms with Gasteiger partial charge in [-0.1, -0.05) is 18.2 Å². The molecule has 1 heterocycles. The number of esters is 1. The fourth-order valence-electron chi connectivity index (χ4n) is 3.32. The van der Waals surface area contributed by atoms with E-state index in [9.17, 15) is 13.2 Å². The summed E-state index contributed by atoms with van der Waals surface area (Å²) in [5.41, 5.74) is 2.89. The molecule has 0 bridgehead atoms. The molecule has 0 aliphatic carbocycles. The molecule has 0 spiro atoms. The van der Waals surface area contributed by atoms with Crippen molar-refractivity contribution in [2.75, 3.05) is 23.8 Å². The first-order valence-electron chi connectivity index (χ1n) is 8.75. The largest absolute Gasteiger partial charge is 0.490 e. The van der Waals surface area contributed by atoms with E-state index < -0.39 is 16.0 Å². The van der Waals surface area contributed by atoms with Crippen molar-refractivity contribution in [2.45, 2.75) is 26.3 Å². The van der Waals surface area contributed by atoms with E-state index in [4.69, 9.17) is 9.47 Å². The number of hydrogen-bond acceptors (Lipinski definition) is 5. The van der Waals surface area contributed by atoms with Crippen LogP contribution in [0.4, 0.5) is 5.69 Å². The van der Waals surface area contributed by atoms with Gasteiger partial charge in [-0.15, -0.1) is 0 Å². The number of rotatable bonds is 6. The number of anilines is 1. The highest BCUT2D eigenvalue weighted by molar-refractivity contribution is 7.92. The predicted octanol–water partition coefficient (Wildman–Crippen LogP) is 2.94. The third kappa shape index (κ3) is 4.24. The van der Waals surface area contributed by atoms with Crippen molar-refractivity contribution in [1.82, 2.24) is 0 Å². The Morgan fingerprint density at radius 2 is 1.93 bits per heavy atom. The Labute approximate surface area is 159 Å². The van der Waals surface area contributed by atoms with Gasteiger partial charge in [-0.3, -0.25) is 4.31 Å². The third-order valence-electron chi connectivity index (χ3n) is 4.49. The van der Waals surface area contributed by atoms with Gasteiger partial charge < -0.3 is 9.47 Å². The lowest BCUT2D eigenvalue weighted by Gasteiger charge is -2.21. The van der Waals surface area contributed by atoms with E-state index in [1.165, 1.54) is 10.6 Å². The Hall–Kier alpha value is -2.54. The zero-order valence-electron chi connectivity index (χ0n) is 15.6. The Morgan fingerprint density at radius 1 is 1.19 bits per heavy atom. The van der Waals surface area contributed by atoms with Gasteiger partial charge in [-0.05, 0) is 55.7 Å². The van der Waals surface area contributed by atoms with Crippen LogP contribution in [0, 0.1) is 6.92 Å². The molecule has 1 aliphatic rings. The van der Waals surface area contributed by atoms with Gasteiger partial charge in [0.1, 0.15) is 19.0 Å². The quantitative estimate of drug-likeness (QED) is 0.561. The van der Waals surface area contributed by atoms with Crippen LogP contribution in [-0.2, 0) is 21.2 Å². The third-order valence-corrected chi connectivity index (χ3v) is 5.76. The van der Waals surface area contributed by atoms with Gasteiger partial charge in [0.15, 0.2) is 0 Å². The lowest BCUT2D eigenvalue weighted by atomic mass is 10.1. The molecular weight excluding hydrogens is 366 g/mol. The van der Waals surface area contributed by atoms with Crippen molar-refractivity contribution in [1.29, 1.82) is 0 Å². The summed E-state index contributed by atoms with van der Waals surface area (Å²) in [7, 11) is -3.35. The number of nitrogens with zero attached hydrogens (tertiary/aromatic N) is 1. The number of benzene rings is 2. The molecule has 27 heavy (non-hydrogen) atoms. The average molecular weight is 389 g/mol. The van der Waals surface area contributed by atoms with E-state index in [1.807, 2.05) is 38.1 Å². The number of carbonyl (C=O) groups excluding carboxylic acids is 1. The number of para-hydroxylation sites is 1. The highest BCUT2D eigenvalue weighted by atomic mass is 32.2. The van der Waals surface area contributed by atoms with Gasteiger partial charge in [0, 0.05) is 6.04 Å². The minimum absolute atomic E-state index is 0.135. The van der Waals surface area contributed by atoms with Crippen molar-refractivity contribution >= 4 is 21.7 Å². The molecule has 0 saturated carbocycles. The zero-order chi connectivity index (χ0) is 19.6. The number of sulfonamides is 1. The minimum Gasteiger partial charge on any atom is -0.490 e. The summed E-state index contributed by atoms with van der Waals surface area (Å²) in [5, 5.41) is 0. The topological polar surface area (TPSA) is 72.9 Å². The molecule has 6 nitrogen and oxygen atoms in total. The van der Waals surface area contributed by atoms with Gasteiger partial charge in [-0.25, -0.2) is 13.2 Å². The van der Waals surface area contributed by atoms with E-state index in [-0.39, 0.29) is 19.3 Å². The second-order valence-corrected chi connectivity index (χ2v) is 8.56.